The summed E-state index contributed by atoms with van der Waals surface area (Å²) < 4.78 is 37.6. The normalized spacial score (nSPS) is 14.7. The van der Waals surface area contributed by atoms with Gasteiger partial charge in [-0.05, 0) is 41.8 Å². The number of hydrogen-bond acceptors (Lipinski definition) is 7. The predicted molar refractivity (Wildman–Crippen MR) is 128 cm³/mol. The molecule has 3 aromatic rings. The van der Waals surface area contributed by atoms with Gasteiger partial charge in [-0.3, -0.25) is 25.7 Å². The van der Waals surface area contributed by atoms with E-state index in [4.69, 9.17) is 14.6 Å². The van der Waals surface area contributed by atoms with E-state index in [9.17, 15) is 23.1 Å². The van der Waals surface area contributed by atoms with Crippen molar-refractivity contribution in [3.8, 4) is 5.75 Å². The number of halogens is 3. The van der Waals surface area contributed by atoms with Gasteiger partial charge >= 0.3 is 18.1 Å². The van der Waals surface area contributed by atoms with E-state index in [0.29, 0.717) is 6.61 Å². The maximum absolute atomic E-state index is 11.5. The van der Waals surface area contributed by atoms with Crippen LogP contribution in [-0.2, 0) is 9.59 Å². The second-order valence-electron chi connectivity index (χ2n) is 8.18. The topological polar surface area (TPSA) is 149 Å². The van der Waals surface area contributed by atoms with Crippen LogP contribution in [0.4, 0.5) is 13.2 Å². The minimum Gasteiger partial charge on any atom is -0.493 e. The Morgan fingerprint density at radius 2 is 1.81 bits per heavy atom. The lowest BCUT2D eigenvalue weighted by molar-refractivity contribution is -0.192. The molecule has 13 heteroatoms. The van der Waals surface area contributed by atoms with Crippen LogP contribution in [-0.4, -0.2) is 70.8 Å². The van der Waals surface area contributed by atoms with Crippen LogP contribution in [0.3, 0.4) is 0 Å². The fraction of sp³-hybridized carbons (Fsp3) is 0.375. The van der Waals surface area contributed by atoms with Gasteiger partial charge in [0.25, 0.3) is 0 Å². The molecule has 0 radical (unpaired) electrons. The summed E-state index contributed by atoms with van der Waals surface area (Å²) in [5.41, 5.74) is 2.84. The molecule has 6 N–H and O–H groups in total. The average molecular weight is 524 g/mol. The number of alkyl halides is 3. The number of nitrogens with zero attached hydrogens (tertiary/aromatic N) is 1. The average Bonchev–Trinajstić information content (AvgIpc) is 3.52. The van der Waals surface area contributed by atoms with Gasteiger partial charge in [0, 0.05) is 61.1 Å². The van der Waals surface area contributed by atoms with Crippen LogP contribution in [0.25, 0.3) is 10.9 Å². The highest BCUT2D eigenvalue weighted by molar-refractivity contribution is 5.86. The molecule has 1 saturated heterocycles. The van der Waals surface area contributed by atoms with Gasteiger partial charge in [0.15, 0.2) is 0 Å². The number of nitrogens with one attached hydrogen (secondary N) is 4. The molecular formula is C24H28F3N5O5. The SMILES string of the molecule is O=C(O)C(F)(F)F.O=C(O)CC(c1ccncc1)c1c[nH]c2cc(OCCCNC3NCCN3)ccc12. The minimum atomic E-state index is -5.08. The number of carboxylic acid groups (broad SMARTS) is 2. The van der Waals surface area contributed by atoms with Gasteiger partial charge in [-0.15, -0.1) is 0 Å². The summed E-state index contributed by atoms with van der Waals surface area (Å²) in [5, 5.41) is 27.6. The number of fused-ring (bicyclic) bond motifs is 1. The van der Waals surface area contributed by atoms with E-state index in [1.165, 1.54) is 0 Å². The highest BCUT2D eigenvalue weighted by Crippen LogP contribution is 2.34. The first-order valence-electron chi connectivity index (χ1n) is 11.5. The van der Waals surface area contributed by atoms with E-state index < -0.39 is 18.1 Å². The molecule has 1 aliphatic rings. The van der Waals surface area contributed by atoms with Gasteiger partial charge in [-0.25, -0.2) is 4.79 Å². The number of aromatic amines is 1. The number of benzene rings is 1. The van der Waals surface area contributed by atoms with Crippen molar-refractivity contribution in [3.63, 3.8) is 0 Å². The second-order valence-corrected chi connectivity index (χ2v) is 8.18. The zero-order valence-corrected chi connectivity index (χ0v) is 19.7. The number of aromatic nitrogens is 2. The molecular weight excluding hydrogens is 495 g/mol. The van der Waals surface area contributed by atoms with Gasteiger partial charge < -0.3 is 19.9 Å². The lowest BCUT2D eigenvalue weighted by atomic mass is 9.89. The Balaban J connectivity index is 0.000000479. The molecule has 37 heavy (non-hydrogen) atoms. The van der Waals surface area contributed by atoms with Crippen molar-refractivity contribution >= 4 is 22.8 Å². The first-order valence-corrected chi connectivity index (χ1v) is 11.5. The van der Waals surface area contributed by atoms with Gasteiger partial charge in [-0.1, -0.05) is 0 Å². The first kappa shape index (κ1) is 27.9. The van der Waals surface area contributed by atoms with Crippen molar-refractivity contribution in [2.24, 2.45) is 0 Å². The van der Waals surface area contributed by atoms with Crippen molar-refractivity contribution < 1.29 is 37.7 Å². The van der Waals surface area contributed by atoms with Gasteiger partial charge in [0.05, 0.1) is 13.0 Å². The van der Waals surface area contributed by atoms with Crippen LogP contribution in [0.2, 0.25) is 0 Å². The van der Waals surface area contributed by atoms with E-state index in [1.54, 1.807) is 12.4 Å². The molecule has 1 atom stereocenters. The number of carbonyl (C=O) groups is 2. The molecule has 0 bridgehead atoms. The molecule has 0 amide bonds. The van der Waals surface area contributed by atoms with Crippen molar-refractivity contribution in [1.82, 2.24) is 25.9 Å². The number of hydrogen-bond donors (Lipinski definition) is 6. The lowest BCUT2D eigenvalue weighted by Gasteiger charge is -2.15. The number of ether oxygens (including phenoxy) is 1. The van der Waals surface area contributed by atoms with E-state index in [2.05, 4.69) is 25.9 Å². The van der Waals surface area contributed by atoms with Crippen molar-refractivity contribution in [1.29, 1.82) is 0 Å². The predicted octanol–water partition coefficient (Wildman–Crippen LogP) is 2.64. The highest BCUT2D eigenvalue weighted by atomic mass is 19.4. The summed E-state index contributed by atoms with van der Waals surface area (Å²) in [5.74, 6) is -3.03. The summed E-state index contributed by atoms with van der Waals surface area (Å²) in [6, 6.07) is 9.65. The Morgan fingerprint density at radius 1 is 1.14 bits per heavy atom. The van der Waals surface area contributed by atoms with Crippen LogP contribution in [0, 0.1) is 0 Å². The second kappa shape index (κ2) is 13.0. The van der Waals surface area contributed by atoms with Crippen LogP contribution in [0.5, 0.6) is 5.75 Å². The van der Waals surface area contributed by atoms with Gasteiger partial charge in [-0.2, -0.15) is 13.2 Å². The Labute approximate surface area is 210 Å². The molecule has 0 saturated carbocycles. The Hall–Kier alpha value is -3.68. The number of rotatable bonds is 10. The first-order chi connectivity index (χ1) is 17.6. The van der Waals surface area contributed by atoms with Crippen LogP contribution >= 0.6 is 0 Å². The smallest absolute Gasteiger partial charge is 0.490 e. The molecule has 1 unspecified atom stereocenters. The van der Waals surface area contributed by atoms with E-state index in [1.807, 2.05) is 36.5 Å². The third-order valence-electron chi connectivity index (χ3n) is 5.55. The number of H-pyrrole nitrogens is 1. The van der Waals surface area contributed by atoms with Crippen LogP contribution < -0.4 is 20.7 Å². The monoisotopic (exact) mass is 523 g/mol. The summed E-state index contributed by atoms with van der Waals surface area (Å²) in [7, 11) is 0. The lowest BCUT2D eigenvalue weighted by Crippen LogP contribution is -2.45. The quantitative estimate of drug-likeness (QED) is 0.221. The van der Waals surface area contributed by atoms with Gasteiger partial charge in [0.2, 0.25) is 0 Å². The third-order valence-corrected chi connectivity index (χ3v) is 5.55. The molecule has 4 rings (SSSR count). The molecule has 200 valence electrons. The molecule has 2 aromatic heterocycles. The molecule has 0 aliphatic carbocycles. The zero-order valence-electron chi connectivity index (χ0n) is 19.7. The number of aliphatic carboxylic acids is 2. The van der Waals surface area contributed by atoms with Crippen molar-refractivity contribution in [2.75, 3.05) is 26.2 Å². The maximum atomic E-state index is 11.5. The molecule has 10 nitrogen and oxygen atoms in total. The number of pyridine rings is 1. The largest absolute Gasteiger partial charge is 0.493 e. The zero-order chi connectivity index (χ0) is 26.8. The maximum Gasteiger partial charge on any atom is 0.490 e. The Bertz CT molecular complexity index is 1170. The van der Waals surface area contributed by atoms with Crippen molar-refractivity contribution in [2.45, 2.75) is 31.2 Å². The molecule has 1 aliphatic heterocycles. The van der Waals surface area contributed by atoms with E-state index in [0.717, 1.165) is 53.8 Å². The molecule has 0 spiro atoms. The highest BCUT2D eigenvalue weighted by Gasteiger charge is 2.38. The van der Waals surface area contributed by atoms with Crippen LogP contribution in [0.1, 0.15) is 29.9 Å². The van der Waals surface area contributed by atoms with Gasteiger partial charge in [0.1, 0.15) is 12.0 Å². The fourth-order valence-corrected chi connectivity index (χ4v) is 3.84. The minimum absolute atomic E-state index is 0.0208. The van der Waals surface area contributed by atoms with Crippen LogP contribution in [0.15, 0.2) is 48.9 Å². The molecule has 1 aromatic carbocycles. The summed E-state index contributed by atoms with van der Waals surface area (Å²) in [6.07, 6.45) is 1.31. The number of carboxylic acids is 2. The van der Waals surface area contributed by atoms with Crippen molar-refractivity contribution in [3.05, 3.63) is 60.0 Å². The van der Waals surface area contributed by atoms with E-state index >= 15 is 0 Å². The summed E-state index contributed by atoms with van der Waals surface area (Å²) >= 11 is 0. The fourth-order valence-electron chi connectivity index (χ4n) is 3.84. The Morgan fingerprint density at radius 3 is 2.43 bits per heavy atom. The summed E-state index contributed by atoms with van der Waals surface area (Å²) in [6.45, 7) is 3.46. The molecule has 1 fully saturated rings. The standard InChI is InChI=1S/C22H27N5O3.C2HF3O2/c28-21(29)13-18(15-4-7-23-8-5-15)19-14-27-20-12-16(2-3-17(19)20)30-11-1-6-24-22-25-9-10-26-22;3-2(4,5)1(6)7/h2-5,7-8,12,14,18,22,24-27H,1,6,9-11,13H2,(H,28,29);(H,6,7). The summed E-state index contributed by atoms with van der Waals surface area (Å²) in [4.78, 5) is 27.7. The Kier molecular flexibility index (Phi) is 9.83. The third kappa shape index (κ3) is 8.44. The molecule has 3 heterocycles. The van der Waals surface area contributed by atoms with E-state index in [-0.39, 0.29) is 18.6 Å².